The predicted molar refractivity (Wildman–Crippen MR) is 67.7 cm³/mol. The largest absolute Gasteiger partial charge is 0.313 e. The van der Waals surface area contributed by atoms with Crippen LogP contribution in [-0.4, -0.2) is 12.4 Å². The first-order valence-electron chi connectivity index (χ1n) is 5.48. The van der Waals surface area contributed by atoms with Crippen LogP contribution in [0.15, 0.2) is 12.1 Å². The second-order valence-corrected chi connectivity index (χ2v) is 4.47. The minimum absolute atomic E-state index is 0.735. The van der Waals surface area contributed by atoms with Crippen LogP contribution >= 0.6 is 11.6 Å². The van der Waals surface area contributed by atoms with Gasteiger partial charge in [-0.05, 0) is 50.4 Å². The number of aryl methyl sites for hydroxylation is 3. The fraction of sp³-hybridized carbons (Fsp3) is 0.538. The molecule has 0 atom stereocenters. The van der Waals surface area contributed by atoms with E-state index in [1.165, 1.54) is 22.3 Å². The number of nitrogens with one attached hydrogen (secondary N) is 1. The van der Waals surface area contributed by atoms with Crippen LogP contribution < -0.4 is 5.32 Å². The summed E-state index contributed by atoms with van der Waals surface area (Å²) in [6.07, 6.45) is 1.03. The third-order valence-corrected chi connectivity index (χ3v) is 2.90. The zero-order chi connectivity index (χ0) is 11.3. The van der Waals surface area contributed by atoms with Crippen molar-refractivity contribution in [3.63, 3.8) is 0 Å². The number of hydrogen-bond donors (Lipinski definition) is 1. The summed E-state index contributed by atoms with van der Waals surface area (Å²) in [7, 11) is 0. The Labute approximate surface area is 97.8 Å². The first-order valence-corrected chi connectivity index (χ1v) is 6.02. The van der Waals surface area contributed by atoms with E-state index in [1.54, 1.807) is 0 Å². The van der Waals surface area contributed by atoms with E-state index in [-0.39, 0.29) is 0 Å². The molecule has 0 aliphatic heterocycles. The van der Waals surface area contributed by atoms with E-state index in [0.29, 0.717) is 0 Å². The average molecular weight is 226 g/mol. The van der Waals surface area contributed by atoms with Crippen LogP contribution in [-0.2, 0) is 6.54 Å². The monoisotopic (exact) mass is 225 g/mol. The van der Waals surface area contributed by atoms with E-state index in [9.17, 15) is 0 Å². The first-order chi connectivity index (χ1) is 7.15. The smallest absolute Gasteiger partial charge is 0.0235 e. The van der Waals surface area contributed by atoms with Gasteiger partial charge in [-0.2, -0.15) is 0 Å². The van der Waals surface area contributed by atoms with E-state index >= 15 is 0 Å². The van der Waals surface area contributed by atoms with Gasteiger partial charge in [0.05, 0.1) is 0 Å². The van der Waals surface area contributed by atoms with Gasteiger partial charge in [0.15, 0.2) is 0 Å². The summed E-state index contributed by atoms with van der Waals surface area (Å²) in [5, 5.41) is 3.42. The van der Waals surface area contributed by atoms with Gasteiger partial charge >= 0.3 is 0 Å². The lowest BCUT2D eigenvalue weighted by atomic mass is 10.00. The second kappa shape index (κ2) is 6.14. The molecule has 1 N–H and O–H groups in total. The van der Waals surface area contributed by atoms with Gasteiger partial charge in [-0.1, -0.05) is 17.7 Å². The molecule has 0 aliphatic carbocycles. The fourth-order valence-corrected chi connectivity index (χ4v) is 2.03. The lowest BCUT2D eigenvalue weighted by Gasteiger charge is -2.12. The molecular formula is C13H20ClN. The maximum atomic E-state index is 5.63. The minimum atomic E-state index is 0.735. The summed E-state index contributed by atoms with van der Waals surface area (Å²) in [5.41, 5.74) is 5.53. The quantitative estimate of drug-likeness (QED) is 0.599. The number of alkyl halides is 1. The summed E-state index contributed by atoms with van der Waals surface area (Å²) >= 11 is 5.63. The summed E-state index contributed by atoms with van der Waals surface area (Å²) in [6.45, 7) is 8.45. The summed E-state index contributed by atoms with van der Waals surface area (Å²) in [4.78, 5) is 0. The molecule has 2 heteroatoms. The van der Waals surface area contributed by atoms with E-state index < -0.39 is 0 Å². The molecule has 0 saturated heterocycles. The van der Waals surface area contributed by atoms with E-state index in [1.807, 2.05) is 0 Å². The van der Waals surface area contributed by atoms with E-state index in [4.69, 9.17) is 11.6 Å². The van der Waals surface area contributed by atoms with Crippen molar-refractivity contribution in [1.82, 2.24) is 5.32 Å². The van der Waals surface area contributed by atoms with Gasteiger partial charge in [0.2, 0.25) is 0 Å². The third-order valence-electron chi connectivity index (χ3n) is 2.63. The summed E-state index contributed by atoms with van der Waals surface area (Å²) in [6, 6.07) is 4.48. The van der Waals surface area contributed by atoms with E-state index in [0.717, 1.165) is 25.4 Å². The Hall–Kier alpha value is -0.530. The van der Waals surface area contributed by atoms with Crippen molar-refractivity contribution in [3.05, 3.63) is 34.4 Å². The van der Waals surface area contributed by atoms with Gasteiger partial charge in [-0.25, -0.2) is 0 Å². The zero-order valence-corrected chi connectivity index (χ0v) is 10.6. The van der Waals surface area contributed by atoms with Gasteiger partial charge in [0, 0.05) is 12.4 Å². The number of benzene rings is 1. The van der Waals surface area contributed by atoms with Crippen LogP contribution in [0.25, 0.3) is 0 Å². The van der Waals surface area contributed by atoms with E-state index in [2.05, 4.69) is 38.2 Å². The molecule has 1 rings (SSSR count). The van der Waals surface area contributed by atoms with Crippen molar-refractivity contribution < 1.29 is 0 Å². The Balaban J connectivity index is 2.60. The molecular weight excluding hydrogens is 206 g/mol. The van der Waals surface area contributed by atoms with Crippen molar-refractivity contribution in [1.29, 1.82) is 0 Å². The highest BCUT2D eigenvalue weighted by atomic mass is 35.5. The lowest BCUT2D eigenvalue weighted by Crippen LogP contribution is -2.16. The minimum Gasteiger partial charge on any atom is -0.313 e. The van der Waals surface area contributed by atoms with Crippen molar-refractivity contribution in [2.24, 2.45) is 0 Å². The molecule has 0 saturated carbocycles. The Morgan fingerprint density at radius 2 is 1.73 bits per heavy atom. The molecule has 1 aromatic carbocycles. The number of hydrogen-bond acceptors (Lipinski definition) is 1. The molecule has 1 aromatic rings. The van der Waals surface area contributed by atoms with Gasteiger partial charge < -0.3 is 5.32 Å². The van der Waals surface area contributed by atoms with Crippen LogP contribution in [0.2, 0.25) is 0 Å². The highest BCUT2D eigenvalue weighted by molar-refractivity contribution is 6.17. The molecule has 0 amide bonds. The highest BCUT2D eigenvalue weighted by Gasteiger charge is 2.02. The summed E-state index contributed by atoms with van der Waals surface area (Å²) < 4.78 is 0. The fourth-order valence-electron chi connectivity index (χ4n) is 1.89. The van der Waals surface area contributed by atoms with Gasteiger partial charge in [-0.3, -0.25) is 0 Å². The molecule has 0 fully saturated rings. The topological polar surface area (TPSA) is 12.0 Å². The molecule has 0 spiro atoms. The van der Waals surface area contributed by atoms with Crippen LogP contribution in [0.5, 0.6) is 0 Å². The molecule has 84 valence electrons. The molecule has 0 unspecified atom stereocenters. The van der Waals surface area contributed by atoms with Crippen molar-refractivity contribution in [2.75, 3.05) is 12.4 Å². The maximum absolute atomic E-state index is 5.63. The standard InChI is InChI=1S/C13H20ClN/c1-10-7-11(2)13(12(3)8-10)9-15-6-4-5-14/h7-8,15H,4-6,9H2,1-3H3. The van der Waals surface area contributed by atoms with Crippen molar-refractivity contribution >= 4 is 11.6 Å². The lowest BCUT2D eigenvalue weighted by molar-refractivity contribution is 0.673. The van der Waals surface area contributed by atoms with Crippen molar-refractivity contribution in [3.8, 4) is 0 Å². The van der Waals surface area contributed by atoms with Gasteiger partial charge in [0.1, 0.15) is 0 Å². The van der Waals surface area contributed by atoms with Crippen LogP contribution in [0.3, 0.4) is 0 Å². The summed E-state index contributed by atoms with van der Waals surface area (Å²) in [5.74, 6) is 0.735. The Kier molecular flexibility index (Phi) is 5.13. The SMILES string of the molecule is Cc1cc(C)c(CNCCCCl)c(C)c1. The molecule has 0 aromatic heterocycles. The first kappa shape index (κ1) is 12.5. The Bertz CT molecular complexity index is 297. The van der Waals surface area contributed by atoms with Crippen LogP contribution in [0.4, 0.5) is 0 Å². The van der Waals surface area contributed by atoms with Gasteiger partial charge in [-0.15, -0.1) is 11.6 Å². The van der Waals surface area contributed by atoms with Gasteiger partial charge in [0.25, 0.3) is 0 Å². The average Bonchev–Trinajstić information content (AvgIpc) is 2.15. The maximum Gasteiger partial charge on any atom is 0.0235 e. The second-order valence-electron chi connectivity index (χ2n) is 4.10. The third kappa shape index (κ3) is 3.84. The Morgan fingerprint density at radius 1 is 1.13 bits per heavy atom. The molecule has 1 nitrogen and oxygen atoms in total. The molecule has 15 heavy (non-hydrogen) atoms. The molecule has 0 heterocycles. The van der Waals surface area contributed by atoms with Crippen LogP contribution in [0.1, 0.15) is 28.7 Å². The number of rotatable bonds is 5. The molecule has 0 bridgehead atoms. The number of halogens is 1. The normalized spacial score (nSPS) is 10.7. The van der Waals surface area contributed by atoms with Crippen LogP contribution in [0, 0.1) is 20.8 Å². The predicted octanol–water partition coefficient (Wildman–Crippen LogP) is 3.33. The molecule has 0 radical (unpaired) electrons. The Morgan fingerprint density at radius 3 is 2.27 bits per heavy atom. The van der Waals surface area contributed by atoms with Crippen molar-refractivity contribution in [2.45, 2.75) is 33.7 Å². The molecule has 0 aliphatic rings. The highest BCUT2D eigenvalue weighted by Crippen LogP contribution is 2.15. The zero-order valence-electron chi connectivity index (χ0n) is 9.86.